The zero-order chi connectivity index (χ0) is 19.1. The molecule has 0 saturated carbocycles. The predicted octanol–water partition coefficient (Wildman–Crippen LogP) is 3.74. The van der Waals surface area contributed by atoms with Crippen LogP contribution < -0.4 is 0 Å². The van der Waals surface area contributed by atoms with E-state index in [1.54, 1.807) is 35.3 Å². The van der Waals surface area contributed by atoms with Crippen molar-refractivity contribution in [1.29, 1.82) is 0 Å². The highest BCUT2D eigenvalue weighted by molar-refractivity contribution is 7.71. The summed E-state index contributed by atoms with van der Waals surface area (Å²) in [6.45, 7) is 3.70. The molecule has 0 N–H and O–H groups in total. The fraction of sp³-hybridized carbons (Fsp3) is 0.333. The first-order valence-corrected chi connectivity index (χ1v) is 9.83. The molecule has 7 nitrogen and oxygen atoms in total. The highest BCUT2D eigenvalue weighted by Gasteiger charge is 2.15. The molecular weight excluding hydrogens is 384 g/mol. The predicted molar refractivity (Wildman–Crippen MR) is 105 cm³/mol. The van der Waals surface area contributed by atoms with Crippen LogP contribution in [0, 0.1) is 4.84 Å². The summed E-state index contributed by atoms with van der Waals surface area (Å²) < 4.78 is 12.3. The molecule has 0 fully saturated rings. The van der Waals surface area contributed by atoms with Gasteiger partial charge in [0.05, 0.1) is 24.6 Å². The van der Waals surface area contributed by atoms with Crippen LogP contribution in [0.25, 0.3) is 10.8 Å². The molecule has 0 aliphatic carbocycles. The number of carbonyl (C=O) groups excluding carboxylic acids is 1. The number of pyridine rings is 1. The molecule has 0 amide bonds. The van der Waals surface area contributed by atoms with Gasteiger partial charge in [0.15, 0.2) is 0 Å². The van der Waals surface area contributed by atoms with Gasteiger partial charge in [-0.25, -0.2) is 4.68 Å². The number of esters is 1. The van der Waals surface area contributed by atoms with Gasteiger partial charge in [0.25, 0.3) is 10.7 Å². The molecule has 3 aromatic heterocycles. The highest BCUT2D eigenvalue weighted by atomic mass is 32.1. The van der Waals surface area contributed by atoms with Gasteiger partial charge in [0, 0.05) is 25.5 Å². The Morgan fingerprint density at radius 2 is 2.30 bits per heavy atom. The van der Waals surface area contributed by atoms with Crippen molar-refractivity contribution in [3.63, 3.8) is 0 Å². The molecule has 0 atom stereocenters. The van der Waals surface area contributed by atoms with Crippen molar-refractivity contribution >= 4 is 29.5 Å². The lowest BCUT2D eigenvalue weighted by molar-refractivity contribution is -0.143. The van der Waals surface area contributed by atoms with Gasteiger partial charge in [-0.1, -0.05) is 12.1 Å². The van der Waals surface area contributed by atoms with Gasteiger partial charge in [0.2, 0.25) is 0 Å². The van der Waals surface area contributed by atoms with Crippen LogP contribution >= 0.6 is 23.6 Å². The first-order chi connectivity index (χ1) is 13.2. The standard InChI is InChI=1S/C18H20N4O3S2/c1-2-24-16(23)7-9-21(12-14-5-3-8-19-11-14)13-22-18(26)25-17(20-22)15-6-4-10-27-15/h3-6,8,10-11H,2,7,9,12-13H2,1H3. The van der Waals surface area contributed by atoms with Crippen molar-refractivity contribution in [2.75, 3.05) is 13.2 Å². The molecule has 0 unspecified atom stereocenters. The molecule has 3 rings (SSSR count). The Kier molecular flexibility index (Phi) is 6.86. The number of nitrogens with zero attached hydrogens (tertiary/aromatic N) is 4. The van der Waals surface area contributed by atoms with E-state index in [9.17, 15) is 4.79 Å². The van der Waals surface area contributed by atoms with E-state index < -0.39 is 0 Å². The van der Waals surface area contributed by atoms with Crippen LogP contribution in [-0.4, -0.2) is 38.8 Å². The smallest absolute Gasteiger partial charge is 0.307 e. The van der Waals surface area contributed by atoms with Crippen molar-refractivity contribution < 1.29 is 13.9 Å². The molecule has 142 valence electrons. The fourth-order valence-electron chi connectivity index (χ4n) is 2.52. The SMILES string of the molecule is CCOC(=O)CCN(Cc1cccnc1)Cn1nc(-c2cccs2)oc1=S. The molecule has 3 aromatic rings. The topological polar surface area (TPSA) is 73.4 Å². The monoisotopic (exact) mass is 404 g/mol. The maximum Gasteiger partial charge on any atom is 0.307 e. The molecule has 27 heavy (non-hydrogen) atoms. The minimum atomic E-state index is -0.225. The Morgan fingerprint density at radius 3 is 3.00 bits per heavy atom. The quantitative estimate of drug-likeness (QED) is 0.397. The summed E-state index contributed by atoms with van der Waals surface area (Å²) in [5.41, 5.74) is 1.04. The van der Waals surface area contributed by atoms with Crippen molar-refractivity contribution in [2.24, 2.45) is 0 Å². The number of thiophene rings is 1. The molecular formula is C18H20N4O3S2. The minimum Gasteiger partial charge on any atom is -0.466 e. The van der Waals surface area contributed by atoms with E-state index in [4.69, 9.17) is 21.4 Å². The van der Waals surface area contributed by atoms with Crippen LogP contribution in [0.3, 0.4) is 0 Å². The molecule has 3 heterocycles. The van der Waals surface area contributed by atoms with Crippen LogP contribution in [0.4, 0.5) is 0 Å². The number of rotatable bonds is 9. The van der Waals surface area contributed by atoms with Gasteiger partial charge >= 0.3 is 5.97 Å². The highest BCUT2D eigenvalue weighted by Crippen LogP contribution is 2.23. The minimum absolute atomic E-state index is 0.225. The zero-order valence-corrected chi connectivity index (χ0v) is 16.5. The molecule has 0 radical (unpaired) electrons. The average molecular weight is 405 g/mol. The summed E-state index contributed by atoms with van der Waals surface area (Å²) in [7, 11) is 0. The lowest BCUT2D eigenvalue weighted by atomic mass is 10.2. The largest absolute Gasteiger partial charge is 0.466 e. The van der Waals surface area contributed by atoms with Gasteiger partial charge in [-0.2, -0.15) is 0 Å². The van der Waals surface area contributed by atoms with Crippen LogP contribution in [0.2, 0.25) is 0 Å². The Balaban J connectivity index is 1.74. The summed E-state index contributed by atoms with van der Waals surface area (Å²) in [5.74, 6) is 0.276. The molecule has 0 aromatic carbocycles. The van der Waals surface area contributed by atoms with Gasteiger partial charge in [-0.15, -0.1) is 16.4 Å². The van der Waals surface area contributed by atoms with Crippen LogP contribution in [0.5, 0.6) is 0 Å². The van der Waals surface area contributed by atoms with E-state index >= 15 is 0 Å². The second kappa shape index (κ2) is 9.54. The van der Waals surface area contributed by atoms with Gasteiger partial charge < -0.3 is 9.15 Å². The second-order valence-corrected chi connectivity index (χ2v) is 7.06. The van der Waals surface area contributed by atoms with Crippen LogP contribution in [0.1, 0.15) is 18.9 Å². The summed E-state index contributed by atoms with van der Waals surface area (Å²) in [5, 5.41) is 6.44. The lowest BCUT2D eigenvalue weighted by Crippen LogP contribution is -2.29. The van der Waals surface area contributed by atoms with Crippen molar-refractivity contribution in [3.8, 4) is 10.8 Å². The first-order valence-electron chi connectivity index (χ1n) is 8.54. The van der Waals surface area contributed by atoms with Crippen LogP contribution in [-0.2, 0) is 22.7 Å². The number of aromatic nitrogens is 3. The third-order valence-corrected chi connectivity index (χ3v) is 4.89. The number of hydrogen-bond donors (Lipinski definition) is 0. The van der Waals surface area contributed by atoms with Crippen molar-refractivity contribution in [1.82, 2.24) is 19.7 Å². The number of ether oxygens (including phenoxy) is 1. The molecule has 0 aliphatic heterocycles. The lowest BCUT2D eigenvalue weighted by Gasteiger charge is -2.21. The summed E-state index contributed by atoms with van der Waals surface area (Å²) in [6.07, 6.45) is 3.82. The fourth-order valence-corrected chi connectivity index (χ4v) is 3.34. The maximum absolute atomic E-state index is 11.8. The van der Waals surface area contributed by atoms with Crippen molar-refractivity contribution in [2.45, 2.75) is 26.6 Å². The molecule has 0 bridgehead atoms. The Bertz CT molecular complexity index is 906. The van der Waals surface area contributed by atoms with E-state index in [-0.39, 0.29) is 12.4 Å². The second-order valence-electron chi connectivity index (χ2n) is 5.76. The average Bonchev–Trinajstić information content (AvgIpc) is 3.31. The van der Waals surface area contributed by atoms with E-state index in [0.29, 0.717) is 37.1 Å². The normalized spacial score (nSPS) is 11.0. The Hall–Kier alpha value is -2.36. The summed E-state index contributed by atoms with van der Waals surface area (Å²) in [6, 6.07) is 7.74. The maximum atomic E-state index is 11.8. The van der Waals surface area contributed by atoms with E-state index in [1.165, 1.54) is 0 Å². The summed E-state index contributed by atoms with van der Waals surface area (Å²) >= 11 is 6.86. The Labute approximate surface area is 166 Å². The van der Waals surface area contributed by atoms with Gasteiger partial charge in [0.1, 0.15) is 0 Å². The van der Waals surface area contributed by atoms with E-state index in [1.807, 2.05) is 29.6 Å². The van der Waals surface area contributed by atoms with Crippen LogP contribution in [0.15, 0.2) is 46.5 Å². The van der Waals surface area contributed by atoms with E-state index in [0.717, 1.165) is 10.4 Å². The number of carbonyl (C=O) groups is 1. The zero-order valence-electron chi connectivity index (χ0n) is 14.9. The molecule has 9 heteroatoms. The van der Waals surface area contributed by atoms with Gasteiger partial charge in [-0.05, 0) is 42.2 Å². The third-order valence-electron chi connectivity index (χ3n) is 3.74. The molecule has 0 aliphatic rings. The first kappa shape index (κ1) is 19.4. The van der Waals surface area contributed by atoms with Gasteiger partial charge in [-0.3, -0.25) is 14.7 Å². The summed E-state index contributed by atoms with van der Waals surface area (Å²) in [4.78, 5) is 19.2. The molecule has 0 saturated heterocycles. The van der Waals surface area contributed by atoms with E-state index in [2.05, 4.69) is 15.0 Å². The third kappa shape index (κ3) is 5.56. The number of hydrogen-bond acceptors (Lipinski definition) is 8. The molecule has 0 spiro atoms. The Morgan fingerprint density at radius 1 is 1.41 bits per heavy atom. The van der Waals surface area contributed by atoms with Crippen molar-refractivity contribution in [3.05, 3.63) is 52.4 Å².